The number of hydrogen-bond donors (Lipinski definition) is 5. The van der Waals surface area contributed by atoms with Crippen LogP contribution in [0.5, 0.6) is 0 Å². The summed E-state index contributed by atoms with van der Waals surface area (Å²) in [7, 11) is 0. The molecule has 0 spiro atoms. The molecule has 5 heteroatoms. The third kappa shape index (κ3) is 10.6. The Bertz CT molecular complexity index is 331. The fourth-order valence-corrected chi connectivity index (χ4v) is 2.36. The summed E-state index contributed by atoms with van der Waals surface area (Å²) in [5.74, 6) is 0. The van der Waals surface area contributed by atoms with Crippen molar-refractivity contribution in [2.45, 2.75) is 96.1 Å². The third-order valence-electron chi connectivity index (χ3n) is 4.01. The minimum Gasteiger partial charge on any atom is -0.391 e. The van der Waals surface area contributed by atoms with Gasteiger partial charge in [0.25, 0.3) is 0 Å². The van der Waals surface area contributed by atoms with Gasteiger partial charge in [-0.05, 0) is 25.8 Å². The van der Waals surface area contributed by atoms with E-state index < -0.39 is 24.4 Å². The van der Waals surface area contributed by atoms with E-state index in [9.17, 15) is 20.4 Å². The number of aliphatic hydroxyl groups excluding tert-OH is 4. The number of unbranched alkanes of at least 4 members (excludes halogenated alkanes) is 8. The van der Waals surface area contributed by atoms with Gasteiger partial charge in [0.15, 0.2) is 0 Å². The zero-order valence-electron chi connectivity index (χ0n) is 14.6. The van der Waals surface area contributed by atoms with Gasteiger partial charge in [-0.3, -0.25) is 0 Å². The van der Waals surface area contributed by atoms with E-state index in [1.165, 1.54) is 51.5 Å². The lowest BCUT2D eigenvalue weighted by Crippen LogP contribution is -2.46. The predicted molar refractivity (Wildman–Crippen MR) is 93.8 cm³/mol. The Morgan fingerprint density at radius 3 is 1.91 bits per heavy atom. The highest BCUT2D eigenvalue weighted by Gasteiger charge is 2.29. The zero-order chi connectivity index (χ0) is 17.7. The van der Waals surface area contributed by atoms with Crippen LogP contribution in [0.25, 0.3) is 0 Å². The quantitative estimate of drug-likeness (QED) is 0.249. The second-order valence-electron chi connectivity index (χ2n) is 6.29. The molecular weight excluding hydrogens is 294 g/mol. The predicted octanol–water partition coefficient (Wildman–Crippen LogP) is 2.56. The highest BCUT2D eigenvalue weighted by molar-refractivity contribution is 5.96. The standard InChI is InChI=1S/C18H35NO4/c1-3-4-5-6-7-8-9-10-11-12-13-15(19)17(22)18(23)16(21)14(2)20/h12-14,16-23H,3-11H2,1-2H3/t14-,16-,17-,18+/m0/s1. The molecule has 4 atom stereocenters. The molecule has 0 aliphatic rings. The lowest BCUT2D eigenvalue weighted by Gasteiger charge is -2.24. The zero-order valence-corrected chi connectivity index (χ0v) is 14.6. The molecule has 0 bridgehead atoms. The summed E-state index contributed by atoms with van der Waals surface area (Å²) in [6, 6.07) is 0. The van der Waals surface area contributed by atoms with Crippen molar-refractivity contribution >= 4 is 5.71 Å². The van der Waals surface area contributed by atoms with Crippen molar-refractivity contribution < 1.29 is 20.4 Å². The maximum Gasteiger partial charge on any atom is 0.124 e. The Balaban J connectivity index is 3.80. The minimum atomic E-state index is -1.56. The highest BCUT2D eigenvalue weighted by atomic mass is 16.4. The average molecular weight is 329 g/mol. The van der Waals surface area contributed by atoms with Gasteiger partial charge in [-0.25, -0.2) is 0 Å². The molecule has 0 aromatic rings. The normalized spacial score (nSPS) is 17.1. The van der Waals surface area contributed by atoms with Crippen LogP contribution < -0.4 is 0 Å². The number of hydrogen-bond acceptors (Lipinski definition) is 5. The molecule has 0 fully saturated rings. The van der Waals surface area contributed by atoms with Crippen molar-refractivity contribution in [3.05, 3.63) is 12.2 Å². The van der Waals surface area contributed by atoms with Gasteiger partial charge in [-0.15, -0.1) is 0 Å². The van der Waals surface area contributed by atoms with Crippen LogP contribution in [0.1, 0.15) is 71.6 Å². The SMILES string of the molecule is CCCCCCCCCCC=CC(=N)[C@H](O)[C@H](O)[C@@H](O)[C@H](C)O. The molecule has 0 saturated carbocycles. The van der Waals surface area contributed by atoms with Crippen LogP contribution in [-0.4, -0.2) is 50.6 Å². The van der Waals surface area contributed by atoms with Gasteiger partial charge in [0.1, 0.15) is 18.3 Å². The molecule has 0 aromatic carbocycles. The Labute approximate surface area is 140 Å². The first kappa shape index (κ1) is 22.2. The fraction of sp³-hybridized carbons (Fsp3) is 0.833. The summed E-state index contributed by atoms with van der Waals surface area (Å²) in [6.45, 7) is 3.53. The third-order valence-corrected chi connectivity index (χ3v) is 4.01. The molecule has 23 heavy (non-hydrogen) atoms. The molecule has 0 aliphatic carbocycles. The van der Waals surface area contributed by atoms with Crippen LogP contribution in [0.4, 0.5) is 0 Å². The Hall–Kier alpha value is -0.750. The van der Waals surface area contributed by atoms with E-state index in [4.69, 9.17) is 5.41 Å². The summed E-state index contributed by atoms with van der Waals surface area (Å²) < 4.78 is 0. The minimum absolute atomic E-state index is 0.156. The van der Waals surface area contributed by atoms with Crippen molar-refractivity contribution in [1.29, 1.82) is 5.41 Å². The monoisotopic (exact) mass is 329 g/mol. The van der Waals surface area contributed by atoms with Gasteiger partial charge in [-0.1, -0.05) is 57.9 Å². The molecule has 0 unspecified atom stereocenters. The molecule has 136 valence electrons. The first-order chi connectivity index (χ1) is 10.9. The summed E-state index contributed by atoms with van der Waals surface area (Å²) in [5.41, 5.74) is -0.156. The Morgan fingerprint density at radius 1 is 0.870 bits per heavy atom. The summed E-state index contributed by atoms with van der Waals surface area (Å²) in [4.78, 5) is 0. The second kappa shape index (κ2) is 13.7. The van der Waals surface area contributed by atoms with Crippen molar-refractivity contribution in [1.82, 2.24) is 0 Å². The summed E-state index contributed by atoms with van der Waals surface area (Å²) in [6.07, 6.45) is 8.38. The van der Waals surface area contributed by atoms with E-state index in [1.807, 2.05) is 6.08 Å². The van der Waals surface area contributed by atoms with E-state index in [0.29, 0.717) is 0 Å². The van der Waals surface area contributed by atoms with Crippen LogP contribution in [0, 0.1) is 5.41 Å². The van der Waals surface area contributed by atoms with Gasteiger partial charge in [0.2, 0.25) is 0 Å². The van der Waals surface area contributed by atoms with Crippen LogP contribution in [-0.2, 0) is 0 Å². The number of allylic oxidation sites excluding steroid dienone is 1. The number of aliphatic hydroxyl groups is 4. The van der Waals surface area contributed by atoms with Crippen LogP contribution in [0.3, 0.4) is 0 Å². The maximum absolute atomic E-state index is 9.75. The van der Waals surface area contributed by atoms with Gasteiger partial charge >= 0.3 is 0 Å². The van der Waals surface area contributed by atoms with Gasteiger partial charge in [0.05, 0.1) is 11.8 Å². The van der Waals surface area contributed by atoms with Gasteiger partial charge in [-0.2, -0.15) is 0 Å². The van der Waals surface area contributed by atoms with Crippen molar-refractivity contribution in [2.75, 3.05) is 0 Å². The smallest absolute Gasteiger partial charge is 0.124 e. The van der Waals surface area contributed by atoms with E-state index in [1.54, 1.807) is 0 Å². The lowest BCUT2D eigenvalue weighted by atomic mass is 10.00. The summed E-state index contributed by atoms with van der Waals surface area (Å²) in [5, 5.41) is 45.7. The van der Waals surface area contributed by atoms with E-state index in [0.717, 1.165) is 19.3 Å². The molecule has 0 saturated heterocycles. The Morgan fingerprint density at radius 2 is 1.39 bits per heavy atom. The highest BCUT2D eigenvalue weighted by Crippen LogP contribution is 2.10. The molecule has 0 heterocycles. The van der Waals surface area contributed by atoms with E-state index in [2.05, 4.69) is 6.92 Å². The molecule has 0 aliphatic heterocycles. The Kier molecular flexibility index (Phi) is 13.2. The first-order valence-corrected chi connectivity index (χ1v) is 8.89. The molecule has 5 N–H and O–H groups in total. The molecule has 5 nitrogen and oxygen atoms in total. The van der Waals surface area contributed by atoms with Crippen LogP contribution >= 0.6 is 0 Å². The molecule has 0 amide bonds. The van der Waals surface area contributed by atoms with Gasteiger partial charge < -0.3 is 25.8 Å². The van der Waals surface area contributed by atoms with E-state index >= 15 is 0 Å². The maximum atomic E-state index is 9.75. The van der Waals surface area contributed by atoms with E-state index in [-0.39, 0.29) is 5.71 Å². The van der Waals surface area contributed by atoms with Crippen molar-refractivity contribution in [3.63, 3.8) is 0 Å². The van der Waals surface area contributed by atoms with Crippen molar-refractivity contribution in [2.24, 2.45) is 0 Å². The molecule has 0 rings (SSSR count). The molecule has 0 aromatic heterocycles. The number of rotatable bonds is 14. The number of nitrogens with one attached hydrogen (secondary N) is 1. The lowest BCUT2D eigenvalue weighted by molar-refractivity contribution is -0.0830. The topological polar surface area (TPSA) is 105 Å². The van der Waals surface area contributed by atoms with Crippen LogP contribution in [0.15, 0.2) is 12.2 Å². The molecule has 0 radical (unpaired) electrons. The van der Waals surface area contributed by atoms with Crippen molar-refractivity contribution in [3.8, 4) is 0 Å². The summed E-state index contributed by atoms with van der Waals surface area (Å²) >= 11 is 0. The largest absolute Gasteiger partial charge is 0.391 e. The second-order valence-corrected chi connectivity index (χ2v) is 6.29. The molecular formula is C18H35NO4. The average Bonchev–Trinajstić information content (AvgIpc) is 2.54. The van der Waals surface area contributed by atoms with Crippen LogP contribution in [0.2, 0.25) is 0 Å². The fourth-order valence-electron chi connectivity index (χ4n) is 2.36. The van der Waals surface area contributed by atoms with Gasteiger partial charge in [0, 0.05) is 0 Å². The first-order valence-electron chi connectivity index (χ1n) is 8.89.